The van der Waals surface area contributed by atoms with Gasteiger partial charge < -0.3 is 4.74 Å². The fourth-order valence-corrected chi connectivity index (χ4v) is 3.00. The number of aromatic nitrogens is 2. The monoisotopic (exact) mass is 426 g/mol. The maximum Gasteiger partial charge on any atom is 0.416 e. The molecule has 0 bridgehead atoms. The first kappa shape index (κ1) is 20.9. The number of fused-ring (bicyclic) bond motifs is 1. The highest BCUT2D eigenvalue weighted by Crippen LogP contribution is 2.33. The van der Waals surface area contributed by atoms with Gasteiger partial charge in [0.1, 0.15) is 5.82 Å². The zero-order chi connectivity index (χ0) is 21.2. The van der Waals surface area contributed by atoms with Gasteiger partial charge >= 0.3 is 12.1 Å². The fourth-order valence-electron chi connectivity index (χ4n) is 2.77. The van der Waals surface area contributed by atoms with Crippen LogP contribution in [0.3, 0.4) is 0 Å². The van der Waals surface area contributed by atoms with Crippen LogP contribution in [0.1, 0.15) is 23.7 Å². The van der Waals surface area contributed by atoms with Crippen LogP contribution in [0.15, 0.2) is 42.5 Å². The molecule has 0 atom stereocenters. The lowest BCUT2D eigenvalue weighted by molar-refractivity contribution is -0.138. The zero-order valence-corrected chi connectivity index (χ0v) is 15.9. The topological polar surface area (TPSA) is 44.1 Å². The number of carbonyl (C=O) groups excluding carboxylic acids is 1. The normalized spacial score (nSPS) is 12.1. The average Bonchev–Trinajstić information content (AvgIpc) is 2.99. The van der Waals surface area contributed by atoms with Crippen LogP contribution in [0.5, 0.6) is 0 Å². The van der Waals surface area contributed by atoms with Crippen molar-refractivity contribution >= 4 is 34.5 Å². The first-order valence-electron chi connectivity index (χ1n) is 8.55. The van der Waals surface area contributed by atoms with Gasteiger partial charge in [0.2, 0.25) is 0 Å². The van der Waals surface area contributed by atoms with E-state index < -0.39 is 23.5 Å². The minimum Gasteiger partial charge on any atom is -0.463 e. The van der Waals surface area contributed by atoms with Crippen LogP contribution < -0.4 is 0 Å². The van der Waals surface area contributed by atoms with Gasteiger partial charge in [0, 0.05) is 16.5 Å². The standard InChI is InChI=1S/C20H15ClF4N2O2/c1-2-29-19(28)8-7-17-15-6-4-13(20(23,24)25)9-18(15)27(26-17)11-12-3-5-14(22)10-16(12)21/h3-10H,2,11H2,1H3. The quantitative estimate of drug-likeness (QED) is 0.308. The van der Waals surface area contributed by atoms with Crippen molar-refractivity contribution in [2.45, 2.75) is 19.6 Å². The van der Waals surface area contributed by atoms with E-state index in [2.05, 4.69) is 5.10 Å². The van der Waals surface area contributed by atoms with Crippen LogP contribution in [0.2, 0.25) is 5.02 Å². The molecule has 0 fully saturated rings. The molecule has 0 radical (unpaired) electrons. The summed E-state index contributed by atoms with van der Waals surface area (Å²) in [5.41, 5.74) is 0.136. The number of halogens is 5. The predicted octanol–water partition coefficient (Wildman–Crippen LogP) is 5.47. The van der Waals surface area contributed by atoms with Crippen LogP contribution in [-0.4, -0.2) is 22.4 Å². The van der Waals surface area contributed by atoms with Crippen molar-refractivity contribution in [2.24, 2.45) is 0 Å². The Morgan fingerprint density at radius 3 is 2.66 bits per heavy atom. The molecule has 0 aliphatic carbocycles. The maximum absolute atomic E-state index is 13.3. The SMILES string of the molecule is CCOC(=O)C=Cc1nn(Cc2ccc(F)cc2Cl)c2cc(C(F)(F)F)ccc12. The Bertz CT molecular complexity index is 1090. The van der Waals surface area contributed by atoms with E-state index in [-0.39, 0.29) is 23.7 Å². The van der Waals surface area contributed by atoms with Gasteiger partial charge in [0.05, 0.1) is 29.9 Å². The van der Waals surface area contributed by atoms with E-state index in [1.165, 1.54) is 29.0 Å². The first-order chi connectivity index (χ1) is 13.7. The van der Waals surface area contributed by atoms with E-state index in [4.69, 9.17) is 16.3 Å². The molecule has 9 heteroatoms. The summed E-state index contributed by atoms with van der Waals surface area (Å²) in [5, 5.41) is 4.85. The highest BCUT2D eigenvalue weighted by Gasteiger charge is 2.31. The molecule has 4 nitrogen and oxygen atoms in total. The summed E-state index contributed by atoms with van der Waals surface area (Å²) in [6.45, 7) is 1.86. The van der Waals surface area contributed by atoms with Crippen LogP contribution in [0.25, 0.3) is 17.0 Å². The highest BCUT2D eigenvalue weighted by atomic mass is 35.5. The van der Waals surface area contributed by atoms with Crippen molar-refractivity contribution in [3.05, 3.63) is 70.1 Å². The molecule has 1 heterocycles. The molecule has 3 rings (SSSR count). The third kappa shape index (κ3) is 4.76. The number of carbonyl (C=O) groups is 1. The van der Waals surface area contributed by atoms with Crippen molar-refractivity contribution in [2.75, 3.05) is 6.61 Å². The lowest BCUT2D eigenvalue weighted by atomic mass is 10.1. The molecule has 1 aromatic heterocycles. The molecule has 3 aromatic rings. The van der Waals surface area contributed by atoms with Crippen molar-refractivity contribution in [1.29, 1.82) is 0 Å². The van der Waals surface area contributed by atoms with Crippen molar-refractivity contribution in [1.82, 2.24) is 9.78 Å². The summed E-state index contributed by atoms with van der Waals surface area (Å²) in [4.78, 5) is 11.6. The molecule has 0 aliphatic heterocycles. The molecule has 0 amide bonds. The summed E-state index contributed by atoms with van der Waals surface area (Å²) >= 11 is 6.04. The predicted molar refractivity (Wildman–Crippen MR) is 101 cm³/mol. The van der Waals surface area contributed by atoms with Gasteiger partial charge in [-0.15, -0.1) is 0 Å². The lowest BCUT2D eigenvalue weighted by Crippen LogP contribution is -2.06. The molecule has 29 heavy (non-hydrogen) atoms. The molecule has 0 saturated heterocycles. The minimum absolute atomic E-state index is 0.0180. The summed E-state index contributed by atoms with van der Waals surface area (Å²) in [6, 6.07) is 6.97. The van der Waals surface area contributed by atoms with Crippen LogP contribution in [-0.2, 0) is 22.3 Å². The Kier molecular flexibility index (Phi) is 5.93. The maximum atomic E-state index is 13.3. The number of esters is 1. The van der Waals surface area contributed by atoms with Crippen LogP contribution in [0, 0.1) is 5.82 Å². The summed E-state index contributed by atoms with van der Waals surface area (Å²) in [7, 11) is 0. The molecular weight excluding hydrogens is 412 g/mol. The van der Waals surface area contributed by atoms with Crippen LogP contribution >= 0.6 is 11.6 Å². The molecule has 0 aliphatic rings. The van der Waals surface area contributed by atoms with Crippen molar-refractivity contribution in [3.63, 3.8) is 0 Å². The van der Waals surface area contributed by atoms with Gasteiger partial charge in [-0.05, 0) is 48.9 Å². The second kappa shape index (κ2) is 8.24. The number of alkyl halides is 3. The molecular formula is C20H15ClF4N2O2. The molecule has 0 unspecified atom stereocenters. The Hall–Kier alpha value is -2.87. The van der Waals surface area contributed by atoms with E-state index in [1.807, 2.05) is 0 Å². The van der Waals surface area contributed by atoms with Gasteiger partial charge in [0.15, 0.2) is 0 Å². The number of nitrogens with zero attached hydrogens (tertiary/aromatic N) is 2. The zero-order valence-electron chi connectivity index (χ0n) is 15.1. The second-order valence-electron chi connectivity index (χ2n) is 6.09. The summed E-state index contributed by atoms with van der Waals surface area (Å²) < 4.78 is 58.9. The number of benzene rings is 2. The summed E-state index contributed by atoms with van der Waals surface area (Å²) in [5.74, 6) is -1.12. The van der Waals surface area contributed by atoms with Crippen molar-refractivity contribution in [3.8, 4) is 0 Å². The van der Waals surface area contributed by atoms with Gasteiger partial charge in [-0.2, -0.15) is 18.3 Å². The summed E-state index contributed by atoms with van der Waals surface area (Å²) in [6.07, 6.45) is -2.01. The van der Waals surface area contributed by atoms with E-state index in [9.17, 15) is 22.4 Å². The van der Waals surface area contributed by atoms with E-state index >= 15 is 0 Å². The largest absolute Gasteiger partial charge is 0.463 e. The van der Waals surface area contributed by atoms with Gasteiger partial charge in [-0.1, -0.05) is 17.7 Å². The number of hydrogen-bond donors (Lipinski definition) is 0. The average molecular weight is 427 g/mol. The van der Waals surface area contributed by atoms with E-state index in [1.54, 1.807) is 6.92 Å². The van der Waals surface area contributed by atoms with Crippen molar-refractivity contribution < 1.29 is 27.1 Å². The van der Waals surface area contributed by atoms with E-state index in [0.717, 1.165) is 24.3 Å². The molecule has 0 saturated carbocycles. The third-order valence-electron chi connectivity index (χ3n) is 4.11. The Morgan fingerprint density at radius 2 is 2.00 bits per heavy atom. The Balaban J connectivity index is 2.09. The number of rotatable bonds is 5. The highest BCUT2D eigenvalue weighted by molar-refractivity contribution is 6.31. The van der Waals surface area contributed by atoms with Crippen LogP contribution in [0.4, 0.5) is 17.6 Å². The Labute approximate surface area is 168 Å². The molecule has 2 aromatic carbocycles. The van der Waals surface area contributed by atoms with E-state index in [0.29, 0.717) is 16.6 Å². The fraction of sp³-hybridized carbons (Fsp3) is 0.200. The number of hydrogen-bond acceptors (Lipinski definition) is 3. The lowest BCUT2D eigenvalue weighted by Gasteiger charge is -2.09. The van der Waals surface area contributed by atoms with Gasteiger partial charge in [-0.25, -0.2) is 9.18 Å². The second-order valence-corrected chi connectivity index (χ2v) is 6.50. The third-order valence-corrected chi connectivity index (χ3v) is 4.46. The molecule has 0 spiro atoms. The first-order valence-corrected chi connectivity index (χ1v) is 8.93. The van der Waals surface area contributed by atoms with Gasteiger partial charge in [-0.3, -0.25) is 4.68 Å². The van der Waals surface area contributed by atoms with Gasteiger partial charge in [0.25, 0.3) is 0 Å². The smallest absolute Gasteiger partial charge is 0.416 e. The molecule has 152 valence electrons. The minimum atomic E-state index is -4.53. The molecule has 0 N–H and O–H groups in total. The Morgan fingerprint density at radius 1 is 1.24 bits per heavy atom. The number of ether oxygens (including phenoxy) is 1.